The van der Waals surface area contributed by atoms with Gasteiger partial charge in [0.15, 0.2) is 6.29 Å². The lowest BCUT2D eigenvalue weighted by Crippen LogP contribution is -2.43. The average molecular weight is 412 g/mol. The minimum absolute atomic E-state index is 0.414. The molecule has 1 atom stereocenters. The number of hydrogen-bond donors (Lipinski definition) is 0. The van der Waals surface area contributed by atoms with E-state index in [9.17, 15) is 9.59 Å². The van der Waals surface area contributed by atoms with Crippen molar-refractivity contribution in [1.29, 1.82) is 0 Å². The van der Waals surface area contributed by atoms with Crippen LogP contribution in [0.5, 0.6) is 0 Å². The summed E-state index contributed by atoms with van der Waals surface area (Å²) in [5, 5.41) is 0.585. The number of carbonyl (C=O) groups is 2. The molecule has 0 aliphatic carbocycles. The van der Waals surface area contributed by atoms with Crippen molar-refractivity contribution in [2.45, 2.75) is 38.8 Å². The van der Waals surface area contributed by atoms with Gasteiger partial charge >= 0.3 is 6.09 Å². The molecule has 4 nitrogen and oxygen atoms in total. The number of benzene rings is 1. The third-order valence-electron chi connectivity index (χ3n) is 4.11. The maximum Gasteiger partial charge on any atom is 0.411 e. The van der Waals surface area contributed by atoms with Crippen LogP contribution in [0.25, 0.3) is 0 Å². The largest absolute Gasteiger partial charge is 0.444 e. The van der Waals surface area contributed by atoms with Crippen LogP contribution in [0, 0.1) is 0 Å². The molecule has 3 rings (SSSR count). The summed E-state index contributed by atoms with van der Waals surface area (Å²) in [4.78, 5) is 26.2. The number of carbonyl (C=O) groups excluding carboxylic acids is 2. The molecule has 0 fully saturated rings. The summed E-state index contributed by atoms with van der Waals surface area (Å²) < 4.78 is 6.08. The van der Waals surface area contributed by atoms with E-state index in [1.807, 2.05) is 39.0 Å². The van der Waals surface area contributed by atoms with Gasteiger partial charge in [-0.05, 0) is 56.5 Å². The highest BCUT2D eigenvalue weighted by Gasteiger charge is 2.36. The van der Waals surface area contributed by atoms with Gasteiger partial charge in [0, 0.05) is 17.1 Å². The summed E-state index contributed by atoms with van der Waals surface area (Å²) >= 11 is 13.8. The Hall–Kier alpha value is -1.56. The summed E-state index contributed by atoms with van der Waals surface area (Å²) in [6.07, 6.45) is 1.05. The highest BCUT2D eigenvalue weighted by atomic mass is 35.5. The number of thiophene rings is 1. The molecule has 0 N–H and O–H groups in total. The molecule has 26 heavy (non-hydrogen) atoms. The zero-order valence-corrected chi connectivity index (χ0v) is 17.0. The Labute approximate surface area is 166 Å². The molecule has 1 aromatic heterocycles. The average Bonchev–Trinajstić information content (AvgIpc) is 2.92. The predicted octanol–water partition coefficient (Wildman–Crippen LogP) is 5.75. The van der Waals surface area contributed by atoms with Gasteiger partial charge in [0.1, 0.15) is 5.60 Å². The van der Waals surface area contributed by atoms with Gasteiger partial charge in [-0.2, -0.15) is 0 Å². The van der Waals surface area contributed by atoms with Gasteiger partial charge in [0.2, 0.25) is 0 Å². The lowest BCUT2D eigenvalue weighted by molar-refractivity contribution is 0.0178. The highest BCUT2D eigenvalue weighted by Crippen LogP contribution is 2.42. The third-order valence-corrected chi connectivity index (χ3v) is 5.66. The maximum absolute atomic E-state index is 12.8. The minimum Gasteiger partial charge on any atom is -0.444 e. The lowest BCUT2D eigenvalue weighted by Gasteiger charge is -2.38. The van der Waals surface area contributed by atoms with Crippen LogP contribution in [0.1, 0.15) is 53.2 Å². The Balaban J connectivity index is 2.11. The van der Waals surface area contributed by atoms with E-state index in [0.29, 0.717) is 32.8 Å². The van der Waals surface area contributed by atoms with Gasteiger partial charge < -0.3 is 4.74 Å². The first kappa shape index (κ1) is 19.2. The Morgan fingerprint density at radius 1 is 1.27 bits per heavy atom. The minimum atomic E-state index is -0.608. The van der Waals surface area contributed by atoms with Gasteiger partial charge in [0.05, 0.1) is 15.3 Å². The molecule has 2 heterocycles. The van der Waals surface area contributed by atoms with Crippen molar-refractivity contribution in [3.63, 3.8) is 0 Å². The van der Waals surface area contributed by atoms with E-state index in [4.69, 9.17) is 27.9 Å². The molecule has 2 aromatic rings. The molecule has 1 amide bonds. The van der Waals surface area contributed by atoms with Crippen LogP contribution in [0.15, 0.2) is 24.3 Å². The Bertz CT molecular complexity index is 857. The quantitative estimate of drug-likeness (QED) is 0.590. The highest BCUT2D eigenvalue weighted by molar-refractivity contribution is 7.17. The molecule has 0 saturated heterocycles. The van der Waals surface area contributed by atoms with Crippen LogP contribution in [0.4, 0.5) is 4.79 Å². The number of amides is 1. The van der Waals surface area contributed by atoms with Crippen molar-refractivity contribution in [3.8, 4) is 0 Å². The van der Waals surface area contributed by atoms with Crippen LogP contribution in [0.3, 0.4) is 0 Å². The van der Waals surface area contributed by atoms with E-state index in [-0.39, 0.29) is 0 Å². The van der Waals surface area contributed by atoms with Crippen molar-refractivity contribution >= 4 is 46.9 Å². The second kappa shape index (κ2) is 7.22. The lowest BCUT2D eigenvalue weighted by atomic mass is 9.89. The number of rotatable bonds is 2. The van der Waals surface area contributed by atoms with Gasteiger partial charge in [-0.25, -0.2) is 4.79 Å². The van der Waals surface area contributed by atoms with Crippen molar-refractivity contribution in [1.82, 2.24) is 4.90 Å². The first-order valence-electron chi connectivity index (χ1n) is 8.22. The molecule has 0 bridgehead atoms. The molecule has 0 spiro atoms. The fourth-order valence-electron chi connectivity index (χ4n) is 3.08. The molecule has 1 aliphatic rings. The Morgan fingerprint density at radius 3 is 2.62 bits per heavy atom. The third kappa shape index (κ3) is 3.90. The van der Waals surface area contributed by atoms with Crippen LogP contribution in [0.2, 0.25) is 9.36 Å². The summed E-state index contributed by atoms with van der Waals surface area (Å²) in [6, 6.07) is 6.96. The van der Waals surface area contributed by atoms with Crippen LogP contribution < -0.4 is 0 Å². The van der Waals surface area contributed by atoms with Crippen LogP contribution in [-0.2, 0) is 11.2 Å². The summed E-state index contributed by atoms with van der Waals surface area (Å²) in [5.74, 6) is 0. The van der Waals surface area contributed by atoms with Gasteiger partial charge in [-0.3, -0.25) is 9.69 Å². The molecule has 1 aliphatic heterocycles. The van der Waals surface area contributed by atoms with E-state index in [1.54, 1.807) is 11.0 Å². The smallest absolute Gasteiger partial charge is 0.411 e. The van der Waals surface area contributed by atoms with Crippen molar-refractivity contribution in [2.75, 3.05) is 6.54 Å². The standard InChI is InChI=1S/C19H19Cl2NO3S/c1-19(2,3)25-18(24)22-7-6-11-4-5-12(20)8-14(11)16(22)15-9-13(10-23)26-17(15)21/h4-5,8-10,16H,6-7H2,1-3H3. The monoisotopic (exact) mass is 411 g/mol. The number of halogens is 2. The second-order valence-electron chi connectivity index (χ2n) is 7.17. The van der Waals surface area contributed by atoms with Crippen LogP contribution >= 0.6 is 34.5 Å². The van der Waals surface area contributed by atoms with E-state index < -0.39 is 17.7 Å². The van der Waals surface area contributed by atoms with Crippen LogP contribution in [-0.4, -0.2) is 29.4 Å². The zero-order valence-electron chi connectivity index (χ0n) is 14.7. The molecule has 0 saturated carbocycles. The van der Waals surface area contributed by atoms with E-state index in [0.717, 1.165) is 17.4 Å². The maximum atomic E-state index is 12.8. The van der Waals surface area contributed by atoms with Gasteiger partial charge in [-0.1, -0.05) is 29.3 Å². The fourth-order valence-corrected chi connectivity index (χ4v) is 4.42. The number of hydrogen-bond acceptors (Lipinski definition) is 4. The Kier molecular flexibility index (Phi) is 5.33. The van der Waals surface area contributed by atoms with E-state index in [1.165, 1.54) is 11.3 Å². The Morgan fingerprint density at radius 2 is 2.00 bits per heavy atom. The molecular weight excluding hydrogens is 393 g/mol. The molecule has 0 radical (unpaired) electrons. The zero-order chi connectivity index (χ0) is 19.1. The van der Waals surface area contributed by atoms with Crippen molar-refractivity contribution < 1.29 is 14.3 Å². The molecule has 138 valence electrons. The number of aldehydes is 1. The SMILES string of the molecule is CC(C)(C)OC(=O)N1CCc2ccc(Cl)cc2C1c1cc(C=O)sc1Cl. The summed E-state index contributed by atoms with van der Waals surface area (Å²) in [7, 11) is 0. The molecule has 1 unspecified atom stereocenters. The normalized spacial score (nSPS) is 17.0. The summed E-state index contributed by atoms with van der Waals surface area (Å²) in [6.45, 7) is 5.99. The van der Waals surface area contributed by atoms with Crippen molar-refractivity contribution in [3.05, 3.63) is 55.2 Å². The summed E-state index contributed by atoms with van der Waals surface area (Å²) in [5.41, 5.74) is 2.12. The molecule has 1 aromatic carbocycles. The molecular formula is C19H19Cl2NO3S. The predicted molar refractivity (Wildman–Crippen MR) is 105 cm³/mol. The first-order chi connectivity index (χ1) is 12.2. The van der Waals surface area contributed by atoms with E-state index >= 15 is 0 Å². The number of fused-ring (bicyclic) bond motifs is 1. The second-order valence-corrected chi connectivity index (χ2v) is 9.29. The van der Waals surface area contributed by atoms with Gasteiger partial charge in [-0.15, -0.1) is 11.3 Å². The number of ether oxygens (including phenoxy) is 1. The molecule has 7 heteroatoms. The fraction of sp³-hybridized carbons (Fsp3) is 0.368. The first-order valence-corrected chi connectivity index (χ1v) is 9.79. The van der Waals surface area contributed by atoms with Gasteiger partial charge in [0.25, 0.3) is 0 Å². The van der Waals surface area contributed by atoms with Crippen molar-refractivity contribution in [2.24, 2.45) is 0 Å². The van der Waals surface area contributed by atoms with E-state index in [2.05, 4.69) is 0 Å². The topological polar surface area (TPSA) is 46.6 Å². The number of nitrogens with zero attached hydrogens (tertiary/aromatic N) is 1.